The quantitative estimate of drug-likeness (QED) is 0.191. The van der Waals surface area contributed by atoms with Gasteiger partial charge in [-0.2, -0.15) is 0 Å². The zero-order valence-corrected chi connectivity index (χ0v) is 26.1. The van der Waals surface area contributed by atoms with E-state index in [1.165, 1.54) is 27.1 Å². The van der Waals surface area contributed by atoms with Crippen LogP contribution in [0.5, 0.6) is 23.0 Å². The van der Waals surface area contributed by atoms with E-state index in [0.29, 0.717) is 0 Å². The molecule has 0 spiro atoms. The van der Waals surface area contributed by atoms with Gasteiger partial charge in [-0.1, -0.05) is 118 Å². The third-order valence-electron chi connectivity index (χ3n) is 9.46. The number of fused-ring (bicyclic) bond motifs is 6. The molecule has 46 heavy (non-hydrogen) atoms. The molecule has 0 unspecified atom stereocenters. The molecule has 3 nitrogen and oxygen atoms in total. The Morgan fingerprint density at radius 2 is 1.04 bits per heavy atom. The van der Waals surface area contributed by atoms with Crippen molar-refractivity contribution >= 4 is 61.7 Å². The third kappa shape index (κ3) is 4.14. The molecule has 0 amide bonds. The van der Waals surface area contributed by atoms with Crippen LogP contribution in [0, 0.1) is 0 Å². The highest BCUT2D eigenvalue weighted by molar-refractivity contribution is 6.98. The maximum absolute atomic E-state index is 6.75. The van der Waals surface area contributed by atoms with Crippen molar-refractivity contribution < 1.29 is 9.47 Å². The van der Waals surface area contributed by atoms with Crippen LogP contribution in [0.2, 0.25) is 0 Å². The van der Waals surface area contributed by atoms with Gasteiger partial charge in [-0.15, -0.1) is 0 Å². The predicted molar refractivity (Wildman–Crippen MR) is 193 cm³/mol. The molecule has 0 radical (unpaired) electrons. The lowest BCUT2D eigenvalue weighted by Gasteiger charge is -2.36. The number of ether oxygens (including phenoxy) is 2. The lowest BCUT2D eigenvalue weighted by molar-refractivity contribution is 0.465. The molecule has 0 bridgehead atoms. The second-order valence-corrected chi connectivity index (χ2v) is 13.4. The normalized spacial score (nSPS) is 13.0. The van der Waals surface area contributed by atoms with Gasteiger partial charge in [0.2, 0.25) is 0 Å². The van der Waals surface area contributed by atoms with Crippen molar-refractivity contribution in [2.45, 2.75) is 26.2 Å². The van der Waals surface area contributed by atoms with Crippen molar-refractivity contribution in [2.75, 3.05) is 4.90 Å². The molecular weight excluding hydrogens is 561 g/mol. The van der Waals surface area contributed by atoms with Crippen LogP contribution in [0.15, 0.2) is 140 Å². The van der Waals surface area contributed by atoms with Crippen LogP contribution < -0.4 is 30.8 Å². The summed E-state index contributed by atoms with van der Waals surface area (Å²) >= 11 is 0. The summed E-state index contributed by atoms with van der Waals surface area (Å²) in [4.78, 5) is 2.41. The summed E-state index contributed by atoms with van der Waals surface area (Å²) in [6, 6.07) is 49.7. The van der Waals surface area contributed by atoms with Gasteiger partial charge < -0.3 is 14.4 Å². The summed E-state index contributed by atoms with van der Waals surface area (Å²) in [5, 5.41) is 4.81. The van der Waals surface area contributed by atoms with Crippen molar-refractivity contribution in [3.05, 3.63) is 145 Å². The van der Waals surface area contributed by atoms with Crippen LogP contribution in [-0.2, 0) is 5.41 Å². The van der Waals surface area contributed by atoms with E-state index >= 15 is 0 Å². The van der Waals surface area contributed by atoms with E-state index < -0.39 is 0 Å². The molecule has 0 saturated heterocycles. The molecule has 4 heteroatoms. The Morgan fingerprint density at radius 3 is 1.70 bits per heavy atom. The maximum atomic E-state index is 6.75. The zero-order chi connectivity index (χ0) is 31.0. The minimum absolute atomic E-state index is 0.0331. The van der Waals surface area contributed by atoms with E-state index in [1.54, 1.807) is 0 Å². The van der Waals surface area contributed by atoms with Crippen molar-refractivity contribution in [1.82, 2.24) is 0 Å². The van der Waals surface area contributed by atoms with Gasteiger partial charge in [0, 0.05) is 23.0 Å². The summed E-state index contributed by atoms with van der Waals surface area (Å²) in [6.45, 7) is 6.92. The van der Waals surface area contributed by atoms with Crippen LogP contribution >= 0.6 is 0 Å². The molecule has 0 saturated carbocycles. The number of hydrogen-bond acceptors (Lipinski definition) is 3. The van der Waals surface area contributed by atoms with Gasteiger partial charge in [-0.05, 0) is 68.4 Å². The smallest absolute Gasteiger partial charge is 0.260 e. The Balaban J connectivity index is 1.36. The van der Waals surface area contributed by atoms with Gasteiger partial charge in [0.1, 0.15) is 23.0 Å². The van der Waals surface area contributed by atoms with E-state index in [2.05, 4.69) is 153 Å². The average Bonchev–Trinajstić information content (AvgIpc) is 3.07. The molecule has 0 N–H and O–H groups in total. The molecule has 0 aromatic heterocycles. The fourth-order valence-corrected chi connectivity index (χ4v) is 7.33. The number of anilines is 3. The lowest BCUT2D eigenvalue weighted by Crippen LogP contribution is -2.57. The predicted octanol–water partition coefficient (Wildman–Crippen LogP) is 9.49. The molecule has 2 aliphatic heterocycles. The highest BCUT2D eigenvalue weighted by Crippen LogP contribution is 2.47. The van der Waals surface area contributed by atoms with Crippen LogP contribution in [-0.4, -0.2) is 6.71 Å². The average molecular weight is 594 g/mol. The highest BCUT2D eigenvalue weighted by Gasteiger charge is 2.40. The first-order chi connectivity index (χ1) is 22.4. The number of hydrogen-bond donors (Lipinski definition) is 0. The molecule has 220 valence electrons. The molecular formula is C42H32BNO2. The topological polar surface area (TPSA) is 21.7 Å². The lowest BCUT2D eigenvalue weighted by atomic mass is 9.35. The highest BCUT2D eigenvalue weighted by atomic mass is 16.5. The fourth-order valence-electron chi connectivity index (χ4n) is 7.33. The van der Waals surface area contributed by atoms with E-state index in [1.807, 2.05) is 12.1 Å². The van der Waals surface area contributed by atoms with Gasteiger partial charge in [-0.3, -0.25) is 0 Å². The Bertz CT molecular complexity index is 2260. The van der Waals surface area contributed by atoms with Crippen LogP contribution in [0.3, 0.4) is 0 Å². The molecule has 0 aliphatic carbocycles. The van der Waals surface area contributed by atoms with Crippen LogP contribution in [0.25, 0.3) is 21.5 Å². The SMILES string of the molecule is CC(C)(C)c1cc2ccccc2cc1N(c1cc2c3c(c1)Oc1ccccc1B3c1ccccc1O2)c1cccc2ccccc12. The van der Waals surface area contributed by atoms with Crippen LogP contribution in [0.4, 0.5) is 17.1 Å². The van der Waals surface area contributed by atoms with Crippen molar-refractivity contribution in [1.29, 1.82) is 0 Å². The largest absolute Gasteiger partial charge is 0.458 e. The molecule has 0 atom stereocenters. The fraction of sp³-hybridized carbons (Fsp3) is 0.0952. The van der Waals surface area contributed by atoms with Crippen LogP contribution in [0.1, 0.15) is 26.3 Å². The monoisotopic (exact) mass is 593 g/mol. The molecule has 2 heterocycles. The second kappa shape index (κ2) is 10.0. The van der Waals surface area contributed by atoms with Crippen molar-refractivity contribution in [2.24, 2.45) is 0 Å². The summed E-state index contributed by atoms with van der Waals surface area (Å²) in [7, 11) is 0. The number of benzene rings is 7. The van der Waals surface area contributed by atoms with E-state index in [9.17, 15) is 0 Å². The van der Waals surface area contributed by atoms with Crippen molar-refractivity contribution in [3.63, 3.8) is 0 Å². The molecule has 7 aromatic rings. The van der Waals surface area contributed by atoms with E-state index in [0.717, 1.165) is 56.4 Å². The second-order valence-electron chi connectivity index (χ2n) is 13.4. The summed E-state index contributed by atoms with van der Waals surface area (Å²) in [5.74, 6) is 3.43. The number of rotatable bonds is 3. The number of nitrogens with zero attached hydrogens (tertiary/aromatic N) is 1. The van der Waals surface area contributed by atoms with Gasteiger partial charge in [0.05, 0.1) is 17.1 Å². The molecule has 0 fully saturated rings. The van der Waals surface area contributed by atoms with Crippen molar-refractivity contribution in [3.8, 4) is 23.0 Å². The van der Waals surface area contributed by atoms with Gasteiger partial charge >= 0.3 is 0 Å². The minimum Gasteiger partial charge on any atom is -0.458 e. The summed E-state index contributed by atoms with van der Waals surface area (Å²) in [5.41, 5.74) is 7.78. The Morgan fingerprint density at radius 1 is 0.500 bits per heavy atom. The summed E-state index contributed by atoms with van der Waals surface area (Å²) < 4.78 is 13.5. The van der Waals surface area contributed by atoms with Gasteiger partial charge in [-0.25, -0.2) is 0 Å². The molecule has 2 aliphatic rings. The Labute approximate surface area is 269 Å². The first-order valence-electron chi connectivity index (χ1n) is 16.0. The van der Waals surface area contributed by atoms with E-state index in [4.69, 9.17) is 9.47 Å². The number of para-hydroxylation sites is 2. The molecule has 9 rings (SSSR count). The Kier molecular flexibility index (Phi) is 5.85. The standard InChI is InChI=1S/C42H32BNO2/c1-42(2,3)32-23-28-14-4-5-15-29(28)24-36(32)44(35-20-12-16-27-13-6-7-17-31(27)35)30-25-39-41-40(26-30)46-38-22-11-9-19-34(38)43(41)33-18-8-10-21-37(33)45-39/h4-26H,1-3H3. The first-order valence-corrected chi connectivity index (χ1v) is 16.0. The zero-order valence-electron chi connectivity index (χ0n) is 26.1. The maximum Gasteiger partial charge on any atom is 0.260 e. The minimum atomic E-state index is -0.124. The van der Waals surface area contributed by atoms with Gasteiger partial charge in [0.25, 0.3) is 6.71 Å². The van der Waals surface area contributed by atoms with E-state index in [-0.39, 0.29) is 12.1 Å². The first kappa shape index (κ1) is 26.9. The molecule has 7 aromatic carbocycles. The summed E-state index contributed by atoms with van der Waals surface area (Å²) in [6.07, 6.45) is 0. The Hall–Kier alpha value is -5.48. The van der Waals surface area contributed by atoms with Gasteiger partial charge in [0.15, 0.2) is 0 Å². The third-order valence-corrected chi connectivity index (χ3v) is 9.46.